The van der Waals surface area contributed by atoms with Crippen LogP contribution >= 0.6 is 0 Å². The maximum absolute atomic E-state index is 5.80. The average molecular weight is 234 g/mol. The van der Waals surface area contributed by atoms with E-state index in [9.17, 15) is 0 Å². The van der Waals surface area contributed by atoms with E-state index in [-0.39, 0.29) is 0 Å². The minimum atomic E-state index is 0.566. The Morgan fingerprint density at radius 2 is 2.24 bits per heavy atom. The molecular formula is C14H22N2O. The quantitative estimate of drug-likeness (QED) is 0.743. The number of hydrogen-bond acceptors (Lipinski definition) is 3. The Labute approximate surface area is 103 Å². The van der Waals surface area contributed by atoms with Gasteiger partial charge in [-0.3, -0.25) is 0 Å². The van der Waals surface area contributed by atoms with Crippen molar-refractivity contribution >= 4 is 11.4 Å². The van der Waals surface area contributed by atoms with E-state index in [0.717, 1.165) is 23.8 Å². The zero-order chi connectivity index (χ0) is 12.3. The van der Waals surface area contributed by atoms with Gasteiger partial charge in [0.05, 0.1) is 12.8 Å². The first kappa shape index (κ1) is 12.1. The summed E-state index contributed by atoms with van der Waals surface area (Å²) in [6, 6.07) is 6.46. The normalized spacial score (nSPS) is 16.6. The van der Waals surface area contributed by atoms with Gasteiger partial charge in [-0.15, -0.1) is 0 Å². The summed E-state index contributed by atoms with van der Waals surface area (Å²) in [6.45, 7) is 2.23. The van der Waals surface area contributed by atoms with E-state index in [0.29, 0.717) is 11.7 Å². The fourth-order valence-electron chi connectivity index (χ4n) is 2.12. The van der Waals surface area contributed by atoms with E-state index >= 15 is 0 Å². The summed E-state index contributed by atoms with van der Waals surface area (Å²) in [5, 5.41) is 3.57. The minimum Gasteiger partial charge on any atom is -0.495 e. The summed E-state index contributed by atoms with van der Waals surface area (Å²) in [5.74, 6) is 1.69. The van der Waals surface area contributed by atoms with E-state index in [1.54, 1.807) is 7.11 Å². The van der Waals surface area contributed by atoms with Crippen LogP contribution < -0.4 is 15.8 Å². The van der Waals surface area contributed by atoms with Crippen LogP contribution in [0.2, 0.25) is 0 Å². The maximum Gasteiger partial charge on any atom is 0.143 e. The summed E-state index contributed by atoms with van der Waals surface area (Å²) in [7, 11) is 1.65. The predicted molar refractivity (Wildman–Crippen MR) is 72.4 cm³/mol. The molecule has 2 rings (SSSR count). The molecule has 1 saturated carbocycles. The van der Waals surface area contributed by atoms with Crippen molar-refractivity contribution in [2.75, 3.05) is 18.2 Å². The Balaban J connectivity index is 2.00. The summed E-state index contributed by atoms with van der Waals surface area (Å²) < 4.78 is 5.23. The molecule has 1 fully saturated rings. The topological polar surface area (TPSA) is 47.3 Å². The van der Waals surface area contributed by atoms with Gasteiger partial charge in [-0.05, 0) is 30.9 Å². The second-order valence-electron chi connectivity index (χ2n) is 4.89. The summed E-state index contributed by atoms with van der Waals surface area (Å²) >= 11 is 0. The summed E-state index contributed by atoms with van der Waals surface area (Å²) in [5.41, 5.74) is 7.59. The molecule has 3 nitrogen and oxygen atoms in total. The number of ether oxygens (including phenoxy) is 1. The third-order valence-electron chi connectivity index (χ3n) is 3.41. The zero-order valence-corrected chi connectivity index (χ0v) is 10.7. The lowest BCUT2D eigenvalue weighted by Crippen LogP contribution is -2.19. The van der Waals surface area contributed by atoms with Crippen LogP contribution in [0.4, 0.5) is 11.4 Å². The minimum absolute atomic E-state index is 0.566. The van der Waals surface area contributed by atoms with Crippen molar-refractivity contribution in [1.29, 1.82) is 0 Å². The van der Waals surface area contributed by atoms with Crippen LogP contribution in [0.5, 0.6) is 5.75 Å². The molecular weight excluding hydrogens is 212 g/mol. The number of methoxy groups -OCH3 is 1. The molecule has 1 aliphatic rings. The Morgan fingerprint density at radius 3 is 2.82 bits per heavy atom. The van der Waals surface area contributed by atoms with Crippen molar-refractivity contribution in [3.05, 3.63) is 18.2 Å². The molecule has 1 unspecified atom stereocenters. The lowest BCUT2D eigenvalue weighted by molar-refractivity contribution is 0.417. The molecule has 0 aliphatic heterocycles. The van der Waals surface area contributed by atoms with E-state index in [4.69, 9.17) is 10.5 Å². The van der Waals surface area contributed by atoms with Gasteiger partial charge in [-0.25, -0.2) is 0 Å². The molecule has 0 radical (unpaired) electrons. The molecule has 1 aliphatic carbocycles. The Hall–Kier alpha value is -1.38. The first-order chi connectivity index (χ1) is 8.22. The molecule has 0 aromatic heterocycles. The highest BCUT2D eigenvalue weighted by atomic mass is 16.5. The van der Waals surface area contributed by atoms with Crippen molar-refractivity contribution < 1.29 is 4.74 Å². The number of hydrogen-bond donors (Lipinski definition) is 2. The van der Waals surface area contributed by atoms with E-state index in [1.165, 1.54) is 19.3 Å². The van der Waals surface area contributed by atoms with Crippen LogP contribution in [0.25, 0.3) is 0 Å². The van der Waals surface area contributed by atoms with Gasteiger partial charge in [-0.2, -0.15) is 0 Å². The lowest BCUT2D eigenvalue weighted by atomic mass is 10.1. The van der Waals surface area contributed by atoms with Gasteiger partial charge >= 0.3 is 0 Å². The van der Waals surface area contributed by atoms with Gasteiger partial charge in [0.1, 0.15) is 5.75 Å². The van der Waals surface area contributed by atoms with Crippen LogP contribution in [0.15, 0.2) is 18.2 Å². The van der Waals surface area contributed by atoms with Crippen LogP contribution in [-0.2, 0) is 0 Å². The third kappa shape index (κ3) is 3.29. The number of anilines is 2. The molecule has 1 aromatic rings. The maximum atomic E-state index is 5.80. The van der Waals surface area contributed by atoms with Gasteiger partial charge in [0, 0.05) is 17.8 Å². The van der Waals surface area contributed by atoms with E-state index < -0.39 is 0 Å². The summed E-state index contributed by atoms with van der Waals surface area (Å²) in [6.07, 6.45) is 5.25. The fourth-order valence-corrected chi connectivity index (χ4v) is 2.12. The molecule has 1 aromatic carbocycles. The number of rotatable bonds is 6. The number of benzene rings is 1. The molecule has 0 saturated heterocycles. The zero-order valence-electron chi connectivity index (χ0n) is 10.7. The highest BCUT2D eigenvalue weighted by molar-refractivity contribution is 5.61. The Bertz CT molecular complexity index is 374. The highest BCUT2D eigenvalue weighted by Crippen LogP contribution is 2.35. The molecule has 17 heavy (non-hydrogen) atoms. The second kappa shape index (κ2) is 5.30. The molecule has 1 atom stereocenters. The van der Waals surface area contributed by atoms with Gasteiger partial charge in [0.15, 0.2) is 0 Å². The SMILES string of the molecule is CCC(CC1CC1)Nc1ccc(N)c(OC)c1. The molecule has 94 valence electrons. The first-order valence-electron chi connectivity index (χ1n) is 6.43. The van der Waals surface area contributed by atoms with Crippen LogP contribution in [0.3, 0.4) is 0 Å². The Morgan fingerprint density at radius 1 is 1.47 bits per heavy atom. The molecule has 0 bridgehead atoms. The van der Waals surface area contributed by atoms with Crippen molar-refractivity contribution in [1.82, 2.24) is 0 Å². The van der Waals surface area contributed by atoms with Crippen LogP contribution in [0, 0.1) is 5.92 Å². The van der Waals surface area contributed by atoms with Crippen molar-refractivity contribution in [3.63, 3.8) is 0 Å². The van der Waals surface area contributed by atoms with Crippen molar-refractivity contribution in [2.24, 2.45) is 5.92 Å². The lowest BCUT2D eigenvalue weighted by Gasteiger charge is -2.18. The smallest absolute Gasteiger partial charge is 0.143 e. The van der Waals surface area contributed by atoms with Gasteiger partial charge in [0.2, 0.25) is 0 Å². The van der Waals surface area contributed by atoms with E-state index in [1.807, 2.05) is 18.2 Å². The first-order valence-corrected chi connectivity index (χ1v) is 6.43. The Kier molecular flexibility index (Phi) is 3.77. The van der Waals surface area contributed by atoms with E-state index in [2.05, 4.69) is 12.2 Å². The molecule has 3 N–H and O–H groups in total. The van der Waals surface area contributed by atoms with Gasteiger partial charge in [0.25, 0.3) is 0 Å². The molecule has 3 heteroatoms. The van der Waals surface area contributed by atoms with Crippen molar-refractivity contribution in [2.45, 2.75) is 38.6 Å². The monoisotopic (exact) mass is 234 g/mol. The van der Waals surface area contributed by atoms with Crippen LogP contribution in [-0.4, -0.2) is 13.2 Å². The summed E-state index contributed by atoms with van der Waals surface area (Å²) in [4.78, 5) is 0. The number of nitrogens with two attached hydrogens (primary N) is 1. The molecule has 0 amide bonds. The van der Waals surface area contributed by atoms with Crippen LogP contribution in [0.1, 0.15) is 32.6 Å². The number of nitrogen functional groups attached to an aromatic ring is 1. The second-order valence-corrected chi connectivity index (χ2v) is 4.89. The molecule has 0 spiro atoms. The van der Waals surface area contributed by atoms with Gasteiger partial charge in [-0.1, -0.05) is 19.8 Å². The standard InChI is InChI=1S/C14H22N2O/c1-3-11(8-10-4-5-10)16-12-6-7-13(15)14(9-12)17-2/h6-7,9-11,16H,3-5,8,15H2,1-2H3. The average Bonchev–Trinajstić information content (AvgIpc) is 3.14. The predicted octanol–water partition coefficient (Wildman–Crippen LogP) is 3.27. The number of nitrogens with one attached hydrogen (secondary N) is 1. The van der Waals surface area contributed by atoms with Gasteiger partial charge < -0.3 is 15.8 Å². The molecule has 0 heterocycles. The third-order valence-corrected chi connectivity index (χ3v) is 3.41. The largest absolute Gasteiger partial charge is 0.495 e. The highest BCUT2D eigenvalue weighted by Gasteiger charge is 2.24. The van der Waals surface area contributed by atoms with Crippen molar-refractivity contribution in [3.8, 4) is 5.75 Å². The fraction of sp³-hybridized carbons (Fsp3) is 0.571.